The third-order valence-corrected chi connectivity index (χ3v) is 2.20. The van der Waals surface area contributed by atoms with Gasteiger partial charge in [0.25, 0.3) is 0 Å². The molecule has 0 bridgehead atoms. The summed E-state index contributed by atoms with van der Waals surface area (Å²) in [6.45, 7) is 8.98. The molecule has 0 aliphatic heterocycles. The van der Waals surface area contributed by atoms with Gasteiger partial charge in [-0.15, -0.1) is 0 Å². The lowest BCUT2D eigenvalue weighted by Gasteiger charge is -2.04. The summed E-state index contributed by atoms with van der Waals surface area (Å²) in [7, 11) is 0. The van der Waals surface area contributed by atoms with E-state index in [2.05, 4.69) is 26.1 Å². The maximum absolute atomic E-state index is 12.7. The first-order valence-electron chi connectivity index (χ1n) is 4.95. The van der Waals surface area contributed by atoms with E-state index >= 15 is 0 Å². The molecule has 0 saturated heterocycles. The van der Waals surface area contributed by atoms with Crippen molar-refractivity contribution in [1.29, 1.82) is 0 Å². The largest absolute Gasteiger partial charge is 0.208 e. The molecule has 0 radical (unpaired) electrons. The Balaban J connectivity index is 3.12. The maximum atomic E-state index is 12.7. The average Bonchev–Trinajstić information content (AvgIpc) is 2.25. The summed E-state index contributed by atoms with van der Waals surface area (Å²) in [5.74, 6) is -0.452. The summed E-state index contributed by atoms with van der Waals surface area (Å²) in [5, 5.41) is 0. The normalized spacial score (nSPS) is 11.2. The molecule has 15 heavy (non-hydrogen) atoms. The molecule has 0 amide bonds. The van der Waals surface area contributed by atoms with Crippen LogP contribution in [0.1, 0.15) is 18.1 Å². The highest BCUT2D eigenvalue weighted by Gasteiger charge is 1.99. The van der Waals surface area contributed by atoms with Crippen molar-refractivity contribution in [3.8, 4) is 0 Å². The Bertz CT molecular complexity index is 400. The van der Waals surface area contributed by atoms with Gasteiger partial charge in [0, 0.05) is 0 Å². The molecule has 0 atom stereocenters. The van der Waals surface area contributed by atoms with E-state index in [1.54, 1.807) is 6.08 Å². The Morgan fingerprint density at radius 2 is 2.20 bits per heavy atom. The predicted octanol–water partition coefficient (Wildman–Crippen LogP) is 4.30. The molecule has 0 N–H and O–H groups in total. The van der Waals surface area contributed by atoms with Crippen LogP contribution >= 0.6 is 0 Å². The second-order valence-electron chi connectivity index (χ2n) is 3.30. The minimum absolute atomic E-state index is 0.452. The molecule has 0 aromatic heterocycles. The van der Waals surface area contributed by atoms with Crippen molar-refractivity contribution in [2.45, 2.75) is 13.3 Å². The Labute approximate surface area is 90.4 Å². The van der Waals surface area contributed by atoms with Crippen LogP contribution in [0.3, 0.4) is 0 Å². The molecule has 0 aliphatic rings. The lowest BCUT2D eigenvalue weighted by atomic mass is 10.0. The molecule has 1 heteroatoms. The molecule has 1 aromatic rings. The highest BCUT2D eigenvalue weighted by Crippen LogP contribution is 2.19. The fraction of sp³-hybridized carbons (Fsp3) is 0.143. The summed E-state index contributed by atoms with van der Waals surface area (Å²) in [5.41, 5.74) is 2.96. The molecule has 0 heterocycles. The van der Waals surface area contributed by atoms with Crippen molar-refractivity contribution in [3.05, 3.63) is 66.5 Å². The van der Waals surface area contributed by atoms with E-state index in [1.807, 2.05) is 18.2 Å². The van der Waals surface area contributed by atoms with Gasteiger partial charge in [-0.05, 0) is 29.2 Å². The Morgan fingerprint density at radius 3 is 2.73 bits per heavy atom. The lowest BCUT2D eigenvalue weighted by molar-refractivity contribution is 0.672. The van der Waals surface area contributed by atoms with E-state index in [9.17, 15) is 4.39 Å². The predicted molar refractivity (Wildman–Crippen MR) is 64.2 cm³/mol. The first kappa shape index (κ1) is 11.4. The number of hydrogen-bond acceptors (Lipinski definition) is 0. The maximum Gasteiger partial charge on any atom is 0.116 e. The first-order chi connectivity index (χ1) is 7.17. The first-order valence-corrected chi connectivity index (χ1v) is 4.95. The molecule has 0 spiro atoms. The number of hydrogen-bond donors (Lipinski definition) is 0. The molecular weight excluding hydrogens is 187 g/mol. The fourth-order valence-corrected chi connectivity index (χ4v) is 1.40. The van der Waals surface area contributed by atoms with E-state index in [4.69, 9.17) is 0 Å². The van der Waals surface area contributed by atoms with Gasteiger partial charge in [-0.25, -0.2) is 4.39 Å². The molecule has 78 valence electrons. The zero-order valence-corrected chi connectivity index (χ0v) is 8.96. The topological polar surface area (TPSA) is 0 Å². The van der Waals surface area contributed by atoms with Crippen LogP contribution < -0.4 is 0 Å². The zero-order valence-electron chi connectivity index (χ0n) is 8.96. The van der Waals surface area contributed by atoms with Gasteiger partial charge in [0.1, 0.15) is 5.83 Å². The van der Waals surface area contributed by atoms with Crippen molar-refractivity contribution >= 4 is 5.57 Å². The van der Waals surface area contributed by atoms with Crippen molar-refractivity contribution in [2.75, 3.05) is 0 Å². The van der Waals surface area contributed by atoms with Crippen LogP contribution in [0, 0.1) is 0 Å². The van der Waals surface area contributed by atoms with E-state index in [0.29, 0.717) is 0 Å². The Kier molecular flexibility index (Phi) is 4.04. The van der Waals surface area contributed by atoms with Crippen LogP contribution in [-0.4, -0.2) is 0 Å². The SMILES string of the molecule is C=C/C(=C\C(=C)F)c1cccc(CC)c1. The third kappa shape index (κ3) is 3.21. The van der Waals surface area contributed by atoms with Gasteiger partial charge in [0.2, 0.25) is 0 Å². The van der Waals surface area contributed by atoms with Gasteiger partial charge in [-0.3, -0.25) is 0 Å². The molecule has 0 aliphatic carbocycles. The minimum atomic E-state index is -0.452. The second kappa shape index (κ2) is 5.30. The standard InChI is InChI=1S/C14H15F/c1-4-12-7-6-8-14(10-12)13(5-2)9-11(3)15/h5-10H,2-4H2,1H3/b13-9+. The quantitative estimate of drug-likeness (QED) is 0.638. The van der Waals surface area contributed by atoms with Gasteiger partial charge in [-0.2, -0.15) is 0 Å². The molecule has 0 fully saturated rings. The van der Waals surface area contributed by atoms with Gasteiger partial charge in [0.15, 0.2) is 0 Å². The van der Waals surface area contributed by atoms with Gasteiger partial charge in [-0.1, -0.05) is 50.4 Å². The van der Waals surface area contributed by atoms with E-state index in [0.717, 1.165) is 17.6 Å². The van der Waals surface area contributed by atoms with Crippen LogP contribution in [0.25, 0.3) is 5.57 Å². The van der Waals surface area contributed by atoms with Crippen molar-refractivity contribution < 1.29 is 4.39 Å². The smallest absolute Gasteiger partial charge is 0.116 e. The number of halogens is 1. The minimum Gasteiger partial charge on any atom is -0.208 e. The molecule has 1 aromatic carbocycles. The average molecular weight is 202 g/mol. The third-order valence-electron chi connectivity index (χ3n) is 2.20. The summed E-state index contributed by atoms with van der Waals surface area (Å²) >= 11 is 0. The molecule has 0 nitrogen and oxygen atoms in total. The Morgan fingerprint density at radius 1 is 1.47 bits per heavy atom. The van der Waals surface area contributed by atoms with Crippen LogP contribution in [0.15, 0.2) is 55.4 Å². The molecule has 0 saturated carbocycles. The number of allylic oxidation sites excluding steroid dienone is 4. The zero-order chi connectivity index (χ0) is 11.3. The van der Waals surface area contributed by atoms with Crippen LogP contribution in [-0.2, 0) is 6.42 Å². The van der Waals surface area contributed by atoms with Gasteiger partial charge in [0.05, 0.1) is 0 Å². The number of aryl methyl sites for hydroxylation is 1. The number of rotatable bonds is 4. The van der Waals surface area contributed by atoms with Crippen LogP contribution in [0.4, 0.5) is 4.39 Å². The van der Waals surface area contributed by atoms with Gasteiger partial charge < -0.3 is 0 Å². The highest BCUT2D eigenvalue weighted by molar-refractivity contribution is 5.75. The summed E-state index contributed by atoms with van der Waals surface area (Å²) in [6, 6.07) is 7.99. The van der Waals surface area contributed by atoms with E-state index < -0.39 is 5.83 Å². The van der Waals surface area contributed by atoms with Crippen molar-refractivity contribution in [2.24, 2.45) is 0 Å². The van der Waals surface area contributed by atoms with Crippen molar-refractivity contribution in [3.63, 3.8) is 0 Å². The summed E-state index contributed by atoms with van der Waals surface area (Å²) < 4.78 is 12.7. The Hall–Kier alpha value is -1.63. The second-order valence-corrected chi connectivity index (χ2v) is 3.30. The molecular formula is C14H15F. The van der Waals surface area contributed by atoms with Crippen molar-refractivity contribution in [1.82, 2.24) is 0 Å². The van der Waals surface area contributed by atoms with Crippen LogP contribution in [0.2, 0.25) is 0 Å². The van der Waals surface area contributed by atoms with Crippen LogP contribution in [0.5, 0.6) is 0 Å². The number of benzene rings is 1. The van der Waals surface area contributed by atoms with E-state index in [-0.39, 0.29) is 0 Å². The summed E-state index contributed by atoms with van der Waals surface area (Å²) in [4.78, 5) is 0. The fourth-order valence-electron chi connectivity index (χ4n) is 1.40. The van der Waals surface area contributed by atoms with Gasteiger partial charge >= 0.3 is 0 Å². The highest BCUT2D eigenvalue weighted by atomic mass is 19.1. The molecule has 1 rings (SSSR count). The molecule has 0 unspecified atom stereocenters. The lowest BCUT2D eigenvalue weighted by Crippen LogP contribution is -1.85. The summed E-state index contributed by atoms with van der Waals surface area (Å²) in [6.07, 6.45) is 4.00. The van der Waals surface area contributed by atoms with E-state index in [1.165, 1.54) is 11.6 Å². The monoisotopic (exact) mass is 202 g/mol.